The van der Waals surface area contributed by atoms with E-state index in [0.29, 0.717) is 0 Å². The molecule has 226 valence electrons. The van der Waals surface area contributed by atoms with Gasteiger partial charge < -0.3 is 9.32 Å². The van der Waals surface area contributed by atoms with Gasteiger partial charge in [0.25, 0.3) is 0 Å². The Hall–Kier alpha value is -6.38. The van der Waals surface area contributed by atoms with E-state index in [1.807, 2.05) is 12.1 Å². The van der Waals surface area contributed by atoms with Gasteiger partial charge in [0.15, 0.2) is 0 Å². The largest absolute Gasteiger partial charge is 0.455 e. The van der Waals surface area contributed by atoms with E-state index >= 15 is 0 Å². The number of hydrogen-bond donors (Lipinski definition) is 0. The Labute approximate surface area is 279 Å². The van der Waals surface area contributed by atoms with Gasteiger partial charge in [-0.25, -0.2) is 0 Å². The highest BCUT2D eigenvalue weighted by Crippen LogP contribution is 2.44. The number of para-hydroxylation sites is 2. The zero-order valence-corrected chi connectivity index (χ0v) is 26.3. The van der Waals surface area contributed by atoms with E-state index in [-0.39, 0.29) is 0 Å². The van der Waals surface area contributed by atoms with Gasteiger partial charge in [0.05, 0.1) is 5.69 Å². The van der Waals surface area contributed by atoms with E-state index in [9.17, 15) is 0 Å². The molecule has 0 aliphatic heterocycles. The van der Waals surface area contributed by atoms with Crippen LogP contribution in [0.2, 0.25) is 0 Å². The van der Waals surface area contributed by atoms with E-state index in [0.717, 1.165) is 50.1 Å². The van der Waals surface area contributed by atoms with Crippen LogP contribution in [0.3, 0.4) is 0 Å². The van der Waals surface area contributed by atoms with Crippen molar-refractivity contribution in [1.82, 2.24) is 0 Å². The molecule has 0 saturated heterocycles. The molecule has 0 radical (unpaired) electrons. The number of furan rings is 1. The highest BCUT2D eigenvalue weighted by atomic mass is 16.3. The molecule has 0 unspecified atom stereocenters. The predicted octanol–water partition coefficient (Wildman–Crippen LogP) is 13.2. The second kappa shape index (κ2) is 11.8. The monoisotopic (exact) mass is 613 g/mol. The number of hydrogen-bond acceptors (Lipinski definition) is 2. The van der Waals surface area contributed by atoms with E-state index in [1.165, 1.54) is 33.0 Å². The number of anilines is 3. The number of nitrogens with zero attached hydrogens (tertiary/aromatic N) is 1. The molecule has 0 bridgehead atoms. The second-order valence-electron chi connectivity index (χ2n) is 12.1. The Bertz CT molecular complexity index is 2550. The lowest BCUT2D eigenvalue weighted by molar-refractivity contribution is 0.670. The quantitative estimate of drug-likeness (QED) is 0.185. The summed E-state index contributed by atoms with van der Waals surface area (Å²) in [5.41, 5.74) is 12.1. The molecule has 9 aromatic rings. The Morgan fingerprint density at radius 1 is 0.333 bits per heavy atom. The molecule has 0 saturated carbocycles. The molecule has 0 spiro atoms. The molecule has 0 aliphatic carbocycles. The first kappa shape index (κ1) is 27.9. The molecule has 1 heterocycles. The van der Waals surface area contributed by atoms with Crippen LogP contribution < -0.4 is 4.90 Å². The van der Waals surface area contributed by atoms with Gasteiger partial charge >= 0.3 is 0 Å². The maximum absolute atomic E-state index is 6.46. The standard InChI is InChI=1S/C46H31NO/c1-3-13-32(14-4-1)33-25-27-36(28-26-33)47(44-30-29-38(34-15-5-2-6-16-34)40-19-7-8-20-41(40)44)37-18-11-17-35(31-37)39-22-12-23-43-42-21-9-10-24-45(42)48-46(39)43/h1-31H. The number of fused-ring (bicyclic) bond motifs is 4. The van der Waals surface area contributed by atoms with Gasteiger partial charge in [0.2, 0.25) is 0 Å². The summed E-state index contributed by atoms with van der Waals surface area (Å²) in [6.07, 6.45) is 0. The van der Waals surface area contributed by atoms with Crippen molar-refractivity contribution in [1.29, 1.82) is 0 Å². The number of benzene rings is 8. The van der Waals surface area contributed by atoms with Crippen LogP contribution >= 0.6 is 0 Å². The zero-order valence-electron chi connectivity index (χ0n) is 26.3. The summed E-state index contributed by atoms with van der Waals surface area (Å²) in [5.74, 6) is 0. The third kappa shape index (κ3) is 4.83. The van der Waals surface area contributed by atoms with Gasteiger partial charge in [-0.05, 0) is 69.6 Å². The van der Waals surface area contributed by atoms with Crippen LogP contribution in [-0.4, -0.2) is 0 Å². The molecule has 8 aromatic carbocycles. The molecule has 2 heteroatoms. The minimum Gasteiger partial charge on any atom is -0.455 e. The van der Waals surface area contributed by atoms with Gasteiger partial charge in [-0.3, -0.25) is 0 Å². The topological polar surface area (TPSA) is 16.4 Å². The lowest BCUT2D eigenvalue weighted by Crippen LogP contribution is -2.10. The van der Waals surface area contributed by atoms with Crippen LogP contribution in [-0.2, 0) is 0 Å². The van der Waals surface area contributed by atoms with Crippen molar-refractivity contribution in [2.45, 2.75) is 0 Å². The molecule has 0 aliphatic rings. The van der Waals surface area contributed by atoms with E-state index in [1.54, 1.807) is 0 Å². The molecule has 2 nitrogen and oxygen atoms in total. The van der Waals surface area contributed by atoms with Crippen LogP contribution in [0.5, 0.6) is 0 Å². The molecule has 9 rings (SSSR count). The fourth-order valence-corrected chi connectivity index (χ4v) is 7.00. The van der Waals surface area contributed by atoms with Gasteiger partial charge in [-0.2, -0.15) is 0 Å². The van der Waals surface area contributed by atoms with Gasteiger partial charge in [-0.15, -0.1) is 0 Å². The molecule has 0 amide bonds. The van der Waals surface area contributed by atoms with Crippen molar-refractivity contribution in [2.75, 3.05) is 4.90 Å². The maximum Gasteiger partial charge on any atom is 0.143 e. The van der Waals surface area contributed by atoms with E-state index in [2.05, 4.69) is 181 Å². The van der Waals surface area contributed by atoms with Crippen molar-refractivity contribution in [3.8, 4) is 33.4 Å². The summed E-state index contributed by atoms with van der Waals surface area (Å²) in [6, 6.07) is 66.9. The third-order valence-electron chi connectivity index (χ3n) is 9.28. The van der Waals surface area contributed by atoms with Crippen molar-refractivity contribution in [3.63, 3.8) is 0 Å². The first-order chi connectivity index (χ1) is 23.8. The molecular formula is C46H31NO. The van der Waals surface area contributed by atoms with Crippen LogP contribution in [0, 0.1) is 0 Å². The van der Waals surface area contributed by atoms with Crippen LogP contribution in [0.4, 0.5) is 17.1 Å². The third-order valence-corrected chi connectivity index (χ3v) is 9.28. The van der Waals surface area contributed by atoms with Crippen LogP contribution in [0.15, 0.2) is 192 Å². The minimum absolute atomic E-state index is 0.904. The van der Waals surface area contributed by atoms with E-state index in [4.69, 9.17) is 4.42 Å². The fourth-order valence-electron chi connectivity index (χ4n) is 7.00. The summed E-state index contributed by atoms with van der Waals surface area (Å²) >= 11 is 0. The molecule has 0 N–H and O–H groups in total. The summed E-state index contributed by atoms with van der Waals surface area (Å²) in [5, 5.41) is 4.67. The van der Waals surface area contributed by atoms with Crippen molar-refractivity contribution >= 4 is 49.8 Å². The Balaban J connectivity index is 1.24. The molecular weight excluding hydrogens is 583 g/mol. The normalized spacial score (nSPS) is 11.3. The molecule has 48 heavy (non-hydrogen) atoms. The second-order valence-corrected chi connectivity index (χ2v) is 12.1. The smallest absolute Gasteiger partial charge is 0.143 e. The highest BCUT2D eigenvalue weighted by Gasteiger charge is 2.19. The average Bonchev–Trinajstić information content (AvgIpc) is 3.55. The summed E-state index contributed by atoms with van der Waals surface area (Å²) < 4.78 is 6.46. The summed E-state index contributed by atoms with van der Waals surface area (Å²) in [6.45, 7) is 0. The Morgan fingerprint density at radius 3 is 1.73 bits per heavy atom. The average molecular weight is 614 g/mol. The number of rotatable bonds is 6. The first-order valence-corrected chi connectivity index (χ1v) is 16.4. The van der Waals surface area contributed by atoms with Crippen molar-refractivity contribution < 1.29 is 4.42 Å². The maximum atomic E-state index is 6.46. The minimum atomic E-state index is 0.904. The van der Waals surface area contributed by atoms with Gasteiger partial charge in [-0.1, -0.05) is 152 Å². The molecule has 0 atom stereocenters. The zero-order chi connectivity index (χ0) is 31.9. The van der Waals surface area contributed by atoms with Crippen LogP contribution in [0.25, 0.3) is 66.1 Å². The molecule has 0 fully saturated rings. The lowest BCUT2D eigenvalue weighted by atomic mass is 9.96. The van der Waals surface area contributed by atoms with E-state index < -0.39 is 0 Å². The summed E-state index contributed by atoms with van der Waals surface area (Å²) in [7, 11) is 0. The van der Waals surface area contributed by atoms with Gasteiger partial charge in [0, 0.05) is 33.1 Å². The highest BCUT2D eigenvalue weighted by molar-refractivity contribution is 6.10. The Kier molecular flexibility index (Phi) is 6.84. The van der Waals surface area contributed by atoms with Crippen LogP contribution in [0.1, 0.15) is 0 Å². The van der Waals surface area contributed by atoms with Crippen molar-refractivity contribution in [2.24, 2.45) is 0 Å². The lowest BCUT2D eigenvalue weighted by Gasteiger charge is -2.28. The van der Waals surface area contributed by atoms with Crippen molar-refractivity contribution in [3.05, 3.63) is 188 Å². The summed E-state index contributed by atoms with van der Waals surface area (Å²) in [4.78, 5) is 2.38. The first-order valence-electron chi connectivity index (χ1n) is 16.4. The SMILES string of the molecule is c1ccc(-c2ccc(N(c3cccc(-c4cccc5c4oc4ccccc45)c3)c3ccc(-c4ccccc4)c4ccccc34)cc2)cc1. The predicted molar refractivity (Wildman–Crippen MR) is 202 cm³/mol. The fraction of sp³-hybridized carbons (Fsp3) is 0. The Morgan fingerprint density at radius 2 is 0.938 bits per heavy atom. The molecule has 1 aromatic heterocycles. The van der Waals surface area contributed by atoms with Gasteiger partial charge in [0.1, 0.15) is 11.2 Å².